The molecule has 0 aliphatic heterocycles. The molecule has 3 unspecified atom stereocenters. The molecule has 0 bridgehead atoms. The van der Waals surface area contributed by atoms with Crippen molar-refractivity contribution < 1.29 is 56.3 Å². The van der Waals surface area contributed by atoms with Crippen LogP contribution < -0.4 is 5.73 Å². The van der Waals surface area contributed by atoms with Crippen molar-refractivity contribution in [3.8, 4) is 0 Å². The van der Waals surface area contributed by atoms with Crippen molar-refractivity contribution in [2.45, 2.75) is 214 Å². The van der Waals surface area contributed by atoms with Crippen LogP contribution in [0.25, 0.3) is 0 Å². The van der Waals surface area contributed by atoms with Gasteiger partial charge in [0.25, 0.3) is 0 Å². The predicted molar refractivity (Wildman–Crippen MR) is 238 cm³/mol. The number of esters is 2. The number of hydrogen-bond donors (Lipinski definition) is 3. The molecule has 61 heavy (non-hydrogen) atoms. The van der Waals surface area contributed by atoms with Gasteiger partial charge in [0, 0.05) is 38.5 Å². The lowest BCUT2D eigenvalue weighted by Gasteiger charge is -2.20. The number of carbonyl (C=O) groups excluding carboxylic acids is 2. The molecule has 14 heteroatoms. The van der Waals surface area contributed by atoms with Crippen LogP contribution in [-0.4, -0.2) is 59.9 Å². The van der Waals surface area contributed by atoms with E-state index in [1.165, 1.54) is 61.6 Å². The standard InChI is InChI=1S/C47H80NO12P/c1-6-8-21-27-39-32-36(3)42(58-39)28-22-17-13-11-9-10-12-14-20-25-31-46(50)59-40(34-56-61(53,54)57-35-41(48)47(51)52)33-55-45(49)30-24-19-16-15-18-23-29-44-38(5)37(4)43(60-44)26-7-2/h32,40-41H,6-31,33-35,48H2,1-5H3,(H,51,52)(H,53,54). The maximum atomic E-state index is 12.7. The molecule has 2 heterocycles. The summed E-state index contributed by atoms with van der Waals surface area (Å²) in [6.07, 6.45) is 24.2. The molecule has 0 amide bonds. The number of phosphoric acid groups is 1. The van der Waals surface area contributed by atoms with Crippen LogP contribution in [-0.2, 0) is 63.2 Å². The van der Waals surface area contributed by atoms with E-state index in [1.807, 2.05) is 0 Å². The van der Waals surface area contributed by atoms with Crippen molar-refractivity contribution in [1.29, 1.82) is 0 Å². The molecule has 0 aliphatic carbocycles. The normalized spacial score (nSPS) is 13.6. The van der Waals surface area contributed by atoms with Gasteiger partial charge in [0.05, 0.1) is 13.2 Å². The van der Waals surface area contributed by atoms with Gasteiger partial charge in [-0.15, -0.1) is 0 Å². The van der Waals surface area contributed by atoms with E-state index in [0.717, 1.165) is 119 Å². The third-order valence-corrected chi connectivity index (χ3v) is 12.1. The number of carbonyl (C=O) groups is 3. The summed E-state index contributed by atoms with van der Waals surface area (Å²) in [4.78, 5) is 46.3. The number of ether oxygens (including phenoxy) is 2. The molecule has 350 valence electrons. The monoisotopic (exact) mass is 882 g/mol. The average Bonchev–Trinajstić information content (AvgIpc) is 3.71. The number of rotatable bonds is 38. The van der Waals surface area contributed by atoms with Gasteiger partial charge in [-0.1, -0.05) is 104 Å². The third-order valence-electron chi connectivity index (χ3n) is 11.2. The van der Waals surface area contributed by atoms with E-state index >= 15 is 0 Å². The van der Waals surface area contributed by atoms with Gasteiger partial charge in [-0.05, 0) is 82.1 Å². The van der Waals surface area contributed by atoms with Crippen LogP contribution in [0.1, 0.15) is 195 Å². The topological polar surface area (TPSA) is 198 Å². The fourth-order valence-electron chi connectivity index (χ4n) is 7.25. The average molecular weight is 882 g/mol. The molecular formula is C47H80NO12P. The first kappa shape index (κ1) is 54.2. The Morgan fingerprint density at radius 3 is 1.67 bits per heavy atom. The lowest BCUT2D eigenvalue weighted by molar-refractivity contribution is -0.161. The van der Waals surface area contributed by atoms with Crippen molar-refractivity contribution in [1.82, 2.24) is 0 Å². The Kier molecular flexibility index (Phi) is 28.3. The lowest BCUT2D eigenvalue weighted by atomic mass is 10.0. The molecule has 4 N–H and O–H groups in total. The maximum Gasteiger partial charge on any atom is 0.472 e. The summed E-state index contributed by atoms with van der Waals surface area (Å²) < 4.78 is 45.0. The molecule has 0 fully saturated rings. The minimum atomic E-state index is -4.74. The van der Waals surface area contributed by atoms with Gasteiger partial charge < -0.3 is 34.0 Å². The van der Waals surface area contributed by atoms with Gasteiger partial charge in [0.1, 0.15) is 35.7 Å². The zero-order valence-electron chi connectivity index (χ0n) is 38.2. The quantitative estimate of drug-likeness (QED) is 0.0327. The van der Waals surface area contributed by atoms with E-state index in [1.54, 1.807) is 0 Å². The van der Waals surface area contributed by atoms with Crippen molar-refractivity contribution in [2.24, 2.45) is 5.73 Å². The number of carboxylic acids is 1. The van der Waals surface area contributed by atoms with E-state index in [2.05, 4.69) is 45.2 Å². The van der Waals surface area contributed by atoms with Crippen molar-refractivity contribution in [3.63, 3.8) is 0 Å². The molecule has 0 saturated heterocycles. The number of phosphoric ester groups is 1. The first-order valence-corrected chi connectivity index (χ1v) is 24.9. The van der Waals surface area contributed by atoms with Crippen LogP contribution in [0.15, 0.2) is 14.9 Å². The molecule has 0 aliphatic rings. The largest absolute Gasteiger partial charge is 0.480 e. The third kappa shape index (κ3) is 24.5. The van der Waals surface area contributed by atoms with Gasteiger partial charge in [0.2, 0.25) is 0 Å². The first-order valence-electron chi connectivity index (χ1n) is 23.4. The Morgan fingerprint density at radius 1 is 0.623 bits per heavy atom. The van der Waals surface area contributed by atoms with Crippen LogP contribution in [0.3, 0.4) is 0 Å². The minimum Gasteiger partial charge on any atom is -0.480 e. The molecule has 13 nitrogen and oxygen atoms in total. The summed E-state index contributed by atoms with van der Waals surface area (Å²) in [6, 6.07) is 0.675. The van der Waals surface area contributed by atoms with Gasteiger partial charge in [0.15, 0.2) is 6.10 Å². The van der Waals surface area contributed by atoms with Crippen LogP contribution in [0.5, 0.6) is 0 Å². The summed E-state index contributed by atoms with van der Waals surface area (Å²) in [7, 11) is -4.74. The molecule has 2 rings (SSSR count). The zero-order valence-corrected chi connectivity index (χ0v) is 39.1. The van der Waals surface area contributed by atoms with Gasteiger partial charge in [-0.2, -0.15) is 0 Å². The van der Waals surface area contributed by atoms with E-state index in [0.29, 0.717) is 12.8 Å². The summed E-state index contributed by atoms with van der Waals surface area (Å²) in [5.41, 5.74) is 9.17. The summed E-state index contributed by atoms with van der Waals surface area (Å²) in [5, 5.41) is 8.92. The fraction of sp³-hybridized carbons (Fsp3) is 0.766. The van der Waals surface area contributed by atoms with Crippen molar-refractivity contribution in [2.75, 3.05) is 19.8 Å². The first-order chi connectivity index (χ1) is 29.3. The molecule has 2 aromatic rings. The SMILES string of the molecule is CCCCCc1cc(C)c(CCCCCCCCCCCCC(=O)OC(COC(=O)CCCCCCCCc2oc(CCC)c(C)c2C)COP(=O)(O)OCC(N)C(=O)O)o1. The number of unbranched alkanes of at least 4 members (excludes halogenated alkanes) is 16. The molecular weight excluding hydrogens is 801 g/mol. The van der Waals surface area contributed by atoms with Crippen LogP contribution in [0, 0.1) is 20.8 Å². The Hall–Kier alpha value is -2.96. The number of aliphatic carboxylic acids is 1. The van der Waals surface area contributed by atoms with E-state index in [4.69, 9.17) is 33.7 Å². The van der Waals surface area contributed by atoms with E-state index < -0.39 is 51.1 Å². The number of aryl methyl sites for hydroxylation is 5. The summed E-state index contributed by atoms with van der Waals surface area (Å²) in [6.45, 7) is 9.05. The highest BCUT2D eigenvalue weighted by atomic mass is 31.2. The number of nitrogens with two attached hydrogens (primary N) is 1. The number of hydrogen-bond acceptors (Lipinski definition) is 11. The molecule has 0 spiro atoms. The van der Waals surface area contributed by atoms with Crippen molar-refractivity contribution >= 4 is 25.7 Å². The lowest BCUT2D eigenvalue weighted by Crippen LogP contribution is -2.34. The van der Waals surface area contributed by atoms with Gasteiger partial charge in [-0.3, -0.25) is 23.4 Å². The second-order valence-electron chi connectivity index (χ2n) is 16.7. The Labute approximate surface area is 366 Å². The second kappa shape index (κ2) is 31.8. The molecule has 0 saturated carbocycles. The van der Waals surface area contributed by atoms with Crippen LogP contribution in [0.4, 0.5) is 0 Å². The molecule has 0 radical (unpaired) electrons. The Balaban J connectivity index is 1.63. The van der Waals surface area contributed by atoms with Crippen molar-refractivity contribution in [3.05, 3.63) is 45.8 Å². The highest BCUT2D eigenvalue weighted by molar-refractivity contribution is 7.47. The van der Waals surface area contributed by atoms with E-state index in [9.17, 15) is 23.8 Å². The maximum absolute atomic E-state index is 12.7. The Morgan fingerprint density at radius 2 is 1.11 bits per heavy atom. The Bertz CT molecular complexity index is 1570. The minimum absolute atomic E-state index is 0.140. The summed E-state index contributed by atoms with van der Waals surface area (Å²) in [5.74, 6) is 2.05. The van der Waals surface area contributed by atoms with Gasteiger partial charge in [-0.25, -0.2) is 4.57 Å². The summed E-state index contributed by atoms with van der Waals surface area (Å²) >= 11 is 0. The highest BCUT2D eigenvalue weighted by Crippen LogP contribution is 2.43. The number of furan rings is 2. The fourth-order valence-corrected chi connectivity index (χ4v) is 8.02. The van der Waals surface area contributed by atoms with E-state index in [-0.39, 0.29) is 19.4 Å². The molecule has 3 atom stereocenters. The second-order valence-corrected chi connectivity index (χ2v) is 18.1. The smallest absolute Gasteiger partial charge is 0.472 e. The molecule has 2 aromatic heterocycles. The van der Waals surface area contributed by atoms with Gasteiger partial charge >= 0.3 is 25.7 Å². The molecule has 0 aromatic carbocycles. The van der Waals surface area contributed by atoms with Crippen LogP contribution >= 0.6 is 7.82 Å². The van der Waals surface area contributed by atoms with Crippen LogP contribution in [0.2, 0.25) is 0 Å². The zero-order chi connectivity index (χ0) is 44.9. The number of carboxylic acid groups (broad SMARTS) is 1. The predicted octanol–water partition coefficient (Wildman–Crippen LogP) is 11.3. The highest BCUT2D eigenvalue weighted by Gasteiger charge is 2.28.